The quantitative estimate of drug-likeness (QED) is 0.458. The Morgan fingerprint density at radius 1 is 1.07 bits per heavy atom. The fourth-order valence-corrected chi connectivity index (χ4v) is 3.32. The van der Waals surface area contributed by atoms with Gasteiger partial charge in [-0.3, -0.25) is 0 Å². The Morgan fingerprint density at radius 3 is 2.52 bits per heavy atom. The van der Waals surface area contributed by atoms with E-state index in [1.54, 1.807) is 25.3 Å². The lowest BCUT2D eigenvalue weighted by atomic mass is 10.1. The van der Waals surface area contributed by atoms with Crippen molar-refractivity contribution in [2.24, 2.45) is 0 Å². The maximum atomic E-state index is 11.2. The molecule has 0 amide bonds. The molecule has 0 saturated carbocycles. The average molecular weight is 456 g/mol. The van der Waals surface area contributed by atoms with Crippen LogP contribution in [0.4, 0.5) is 5.69 Å². The van der Waals surface area contributed by atoms with Crippen molar-refractivity contribution in [3.63, 3.8) is 0 Å². The predicted octanol–water partition coefficient (Wildman–Crippen LogP) is 5.66. The summed E-state index contributed by atoms with van der Waals surface area (Å²) in [4.78, 5) is 11.2. The highest BCUT2D eigenvalue weighted by Crippen LogP contribution is 2.34. The van der Waals surface area contributed by atoms with Crippen LogP contribution >= 0.6 is 15.9 Å². The minimum atomic E-state index is -0.948. The normalized spacial score (nSPS) is 10.4. The Balaban J connectivity index is 1.75. The monoisotopic (exact) mass is 455 g/mol. The van der Waals surface area contributed by atoms with E-state index in [2.05, 4.69) is 21.2 Å². The first kappa shape index (κ1) is 20.7. The second-order valence-corrected chi connectivity index (χ2v) is 7.41. The Bertz CT molecular complexity index is 1010. The Kier molecular flexibility index (Phi) is 6.77. The van der Waals surface area contributed by atoms with Crippen molar-refractivity contribution in [3.8, 4) is 11.5 Å². The van der Waals surface area contributed by atoms with Gasteiger partial charge in [-0.2, -0.15) is 0 Å². The van der Waals surface area contributed by atoms with Gasteiger partial charge in [0.1, 0.15) is 6.61 Å². The van der Waals surface area contributed by atoms with Gasteiger partial charge in [0, 0.05) is 16.7 Å². The molecule has 0 aliphatic rings. The van der Waals surface area contributed by atoms with Gasteiger partial charge in [-0.1, -0.05) is 52.3 Å². The van der Waals surface area contributed by atoms with Crippen LogP contribution in [0.2, 0.25) is 0 Å². The van der Waals surface area contributed by atoms with Crippen molar-refractivity contribution in [1.29, 1.82) is 0 Å². The zero-order chi connectivity index (χ0) is 20.8. The number of aryl methyl sites for hydroxylation is 1. The highest BCUT2D eigenvalue weighted by Gasteiger charge is 2.12. The zero-order valence-corrected chi connectivity index (χ0v) is 17.8. The lowest BCUT2D eigenvalue weighted by Crippen LogP contribution is -2.05. The van der Waals surface area contributed by atoms with Crippen molar-refractivity contribution in [3.05, 3.63) is 87.4 Å². The number of carboxylic acid groups (broad SMARTS) is 1. The molecule has 0 heterocycles. The number of methoxy groups -OCH3 is 1. The van der Waals surface area contributed by atoms with E-state index in [1.165, 1.54) is 0 Å². The van der Waals surface area contributed by atoms with Crippen molar-refractivity contribution < 1.29 is 19.4 Å². The molecule has 0 saturated heterocycles. The third-order valence-corrected chi connectivity index (χ3v) is 5.26. The Morgan fingerprint density at radius 2 is 1.83 bits per heavy atom. The van der Waals surface area contributed by atoms with Gasteiger partial charge in [0.25, 0.3) is 0 Å². The molecule has 0 aliphatic heterocycles. The van der Waals surface area contributed by atoms with Gasteiger partial charge in [-0.25, -0.2) is 4.79 Å². The average Bonchev–Trinajstić information content (AvgIpc) is 2.73. The first-order valence-electron chi connectivity index (χ1n) is 9.09. The highest BCUT2D eigenvalue weighted by molar-refractivity contribution is 9.10. The molecular formula is C23H22BrNO4. The molecule has 0 aromatic heterocycles. The van der Waals surface area contributed by atoms with Crippen molar-refractivity contribution in [1.82, 2.24) is 0 Å². The van der Waals surface area contributed by atoms with Gasteiger partial charge in [0.15, 0.2) is 11.5 Å². The summed E-state index contributed by atoms with van der Waals surface area (Å²) in [5.41, 5.74) is 4.04. The van der Waals surface area contributed by atoms with Crippen LogP contribution in [0.25, 0.3) is 0 Å². The third kappa shape index (κ3) is 5.29. The number of hydrogen-bond donors (Lipinski definition) is 2. The van der Waals surface area contributed by atoms with E-state index in [1.807, 2.05) is 49.4 Å². The standard InChI is InChI=1S/C23H22BrNO4/c1-15-8-9-17(23(26)27)10-20(15)25-13-18-11-21(28-2)22(12-19(18)24)29-14-16-6-4-3-5-7-16/h3-12,25H,13-14H2,1-2H3,(H,26,27). The molecule has 29 heavy (non-hydrogen) atoms. The molecule has 3 rings (SSSR count). The summed E-state index contributed by atoms with van der Waals surface area (Å²) in [6, 6.07) is 18.8. The molecule has 0 bridgehead atoms. The number of carboxylic acids is 1. The molecule has 0 radical (unpaired) electrons. The van der Waals surface area contributed by atoms with Gasteiger partial charge < -0.3 is 19.9 Å². The number of halogens is 1. The fourth-order valence-electron chi connectivity index (χ4n) is 2.86. The fraction of sp³-hybridized carbons (Fsp3) is 0.174. The molecule has 3 aromatic rings. The molecule has 0 spiro atoms. The van der Waals surface area contributed by atoms with E-state index in [4.69, 9.17) is 9.47 Å². The van der Waals surface area contributed by atoms with Crippen LogP contribution in [0.1, 0.15) is 27.0 Å². The minimum absolute atomic E-state index is 0.249. The maximum absolute atomic E-state index is 11.2. The number of ether oxygens (including phenoxy) is 2. The summed E-state index contributed by atoms with van der Waals surface area (Å²) in [7, 11) is 1.61. The molecule has 0 fully saturated rings. The zero-order valence-electron chi connectivity index (χ0n) is 16.2. The molecule has 0 unspecified atom stereocenters. The first-order chi connectivity index (χ1) is 14.0. The van der Waals surface area contributed by atoms with Crippen molar-refractivity contribution in [2.45, 2.75) is 20.1 Å². The summed E-state index contributed by atoms with van der Waals surface area (Å²) in [5.74, 6) is 0.337. The van der Waals surface area contributed by atoms with Crippen molar-refractivity contribution >= 4 is 27.6 Å². The Labute approximate surface area is 178 Å². The molecule has 2 N–H and O–H groups in total. The Hall–Kier alpha value is -2.99. The minimum Gasteiger partial charge on any atom is -0.493 e. The third-order valence-electron chi connectivity index (χ3n) is 4.52. The van der Waals surface area contributed by atoms with Gasteiger partial charge in [-0.05, 0) is 47.9 Å². The SMILES string of the molecule is COc1cc(CNc2cc(C(=O)O)ccc2C)c(Br)cc1OCc1ccccc1. The number of anilines is 1. The van der Waals surface area contributed by atoms with E-state index in [0.717, 1.165) is 26.9 Å². The largest absolute Gasteiger partial charge is 0.493 e. The summed E-state index contributed by atoms with van der Waals surface area (Å²) >= 11 is 3.60. The second-order valence-electron chi connectivity index (χ2n) is 6.56. The molecule has 6 heteroatoms. The van der Waals surface area contributed by atoms with E-state index >= 15 is 0 Å². The van der Waals surface area contributed by atoms with E-state index in [0.29, 0.717) is 24.7 Å². The smallest absolute Gasteiger partial charge is 0.335 e. The maximum Gasteiger partial charge on any atom is 0.335 e. The van der Waals surface area contributed by atoms with Crippen LogP contribution < -0.4 is 14.8 Å². The second kappa shape index (κ2) is 9.47. The van der Waals surface area contributed by atoms with Crippen LogP contribution in [0.5, 0.6) is 11.5 Å². The first-order valence-corrected chi connectivity index (χ1v) is 9.88. The summed E-state index contributed by atoms with van der Waals surface area (Å²) < 4.78 is 12.3. The van der Waals surface area contributed by atoms with Crippen LogP contribution in [0, 0.1) is 6.92 Å². The number of nitrogens with one attached hydrogen (secondary N) is 1. The van der Waals surface area contributed by atoms with Crippen LogP contribution in [-0.2, 0) is 13.2 Å². The summed E-state index contributed by atoms with van der Waals surface area (Å²) in [6.07, 6.45) is 0. The molecular weight excluding hydrogens is 434 g/mol. The number of carbonyl (C=O) groups is 1. The van der Waals surface area contributed by atoms with Crippen LogP contribution in [-0.4, -0.2) is 18.2 Å². The summed E-state index contributed by atoms with van der Waals surface area (Å²) in [5, 5.41) is 12.5. The van der Waals surface area contributed by atoms with Gasteiger partial charge in [0.05, 0.1) is 12.7 Å². The molecule has 3 aromatic carbocycles. The van der Waals surface area contributed by atoms with Gasteiger partial charge in [0.2, 0.25) is 0 Å². The number of rotatable bonds is 8. The topological polar surface area (TPSA) is 67.8 Å². The van der Waals surface area contributed by atoms with Gasteiger partial charge in [-0.15, -0.1) is 0 Å². The number of aromatic carboxylic acids is 1. The molecule has 0 aliphatic carbocycles. The van der Waals surface area contributed by atoms with E-state index in [9.17, 15) is 9.90 Å². The van der Waals surface area contributed by atoms with Crippen LogP contribution in [0.3, 0.4) is 0 Å². The molecule has 0 atom stereocenters. The lowest BCUT2D eigenvalue weighted by molar-refractivity contribution is 0.0697. The molecule has 150 valence electrons. The van der Waals surface area contributed by atoms with E-state index < -0.39 is 5.97 Å². The van der Waals surface area contributed by atoms with E-state index in [-0.39, 0.29) is 5.56 Å². The number of benzene rings is 3. The molecule has 5 nitrogen and oxygen atoms in total. The van der Waals surface area contributed by atoms with Crippen molar-refractivity contribution in [2.75, 3.05) is 12.4 Å². The number of hydrogen-bond acceptors (Lipinski definition) is 4. The summed E-state index contributed by atoms with van der Waals surface area (Å²) in [6.45, 7) is 2.88. The highest BCUT2D eigenvalue weighted by atomic mass is 79.9. The van der Waals surface area contributed by atoms with Gasteiger partial charge >= 0.3 is 5.97 Å². The predicted molar refractivity (Wildman–Crippen MR) is 117 cm³/mol. The lowest BCUT2D eigenvalue weighted by Gasteiger charge is -2.16. The van der Waals surface area contributed by atoms with Crippen LogP contribution in [0.15, 0.2) is 65.1 Å².